The van der Waals surface area contributed by atoms with Gasteiger partial charge in [0.05, 0.1) is 18.7 Å². The number of ether oxygens (including phenoxy) is 2. The van der Waals surface area contributed by atoms with Crippen LogP contribution in [0.25, 0.3) is 0 Å². The third-order valence-corrected chi connectivity index (χ3v) is 4.81. The van der Waals surface area contributed by atoms with Gasteiger partial charge in [-0.2, -0.15) is 0 Å². The summed E-state index contributed by atoms with van der Waals surface area (Å²) in [6.07, 6.45) is 0. The van der Waals surface area contributed by atoms with Gasteiger partial charge in [0, 0.05) is 16.3 Å². The average Bonchev–Trinajstić information content (AvgIpc) is 2.66. The summed E-state index contributed by atoms with van der Waals surface area (Å²) in [5, 5.41) is 7.20. The molecule has 0 unspecified atom stereocenters. The van der Waals surface area contributed by atoms with Crippen molar-refractivity contribution in [1.29, 1.82) is 0 Å². The van der Waals surface area contributed by atoms with Gasteiger partial charge in [-0.05, 0) is 42.9 Å². The van der Waals surface area contributed by atoms with Crippen LogP contribution in [0.2, 0.25) is 5.02 Å². The van der Waals surface area contributed by atoms with Crippen molar-refractivity contribution in [2.24, 2.45) is 0 Å². The van der Waals surface area contributed by atoms with Crippen LogP contribution in [-0.2, 0) is 16.1 Å². The summed E-state index contributed by atoms with van der Waals surface area (Å²) < 4.78 is 10.8. The summed E-state index contributed by atoms with van der Waals surface area (Å²) in [4.78, 5) is 12.3. The number of hydrogen-bond acceptors (Lipinski definition) is 4. The van der Waals surface area contributed by atoms with Crippen molar-refractivity contribution >= 4 is 34.9 Å². The molecule has 0 fully saturated rings. The van der Waals surface area contributed by atoms with Crippen LogP contribution in [0.1, 0.15) is 24.1 Å². The van der Waals surface area contributed by atoms with Crippen molar-refractivity contribution < 1.29 is 14.3 Å². The molecule has 1 heterocycles. The van der Waals surface area contributed by atoms with Gasteiger partial charge < -0.3 is 20.1 Å². The molecule has 5 nitrogen and oxygen atoms in total. The van der Waals surface area contributed by atoms with Gasteiger partial charge in [-0.1, -0.05) is 41.9 Å². The minimum atomic E-state index is -0.421. The molecular weight excluding hydrogens is 384 g/mol. The lowest BCUT2D eigenvalue weighted by Gasteiger charge is -2.29. The van der Waals surface area contributed by atoms with Gasteiger partial charge in [0.1, 0.15) is 12.4 Å². The first-order valence-electron chi connectivity index (χ1n) is 8.32. The van der Waals surface area contributed by atoms with Gasteiger partial charge in [-0.3, -0.25) is 0 Å². The number of hydrogen-bond donors (Lipinski definition) is 2. The number of carbonyl (C=O) groups excluding carboxylic acids is 1. The molecule has 140 valence electrons. The van der Waals surface area contributed by atoms with E-state index in [4.69, 9.17) is 33.3 Å². The van der Waals surface area contributed by atoms with Gasteiger partial charge in [0.2, 0.25) is 0 Å². The molecule has 0 aromatic heterocycles. The van der Waals surface area contributed by atoms with Crippen LogP contribution in [-0.4, -0.2) is 18.2 Å². The first-order chi connectivity index (χ1) is 13.0. The van der Waals surface area contributed by atoms with Crippen molar-refractivity contribution in [3.8, 4) is 5.75 Å². The van der Waals surface area contributed by atoms with E-state index in [1.54, 1.807) is 6.92 Å². The number of nitrogens with one attached hydrogen (secondary N) is 2. The molecule has 0 spiro atoms. The molecule has 2 aromatic carbocycles. The van der Waals surface area contributed by atoms with Gasteiger partial charge in [-0.25, -0.2) is 4.79 Å². The third-order valence-electron chi connectivity index (χ3n) is 4.22. The molecule has 1 aliphatic rings. The van der Waals surface area contributed by atoms with E-state index in [-0.39, 0.29) is 0 Å². The lowest BCUT2D eigenvalue weighted by atomic mass is 9.95. The number of halogens is 1. The molecule has 0 saturated carbocycles. The Labute approximate surface area is 168 Å². The van der Waals surface area contributed by atoms with E-state index < -0.39 is 12.0 Å². The lowest BCUT2D eigenvalue weighted by molar-refractivity contribution is -0.136. The van der Waals surface area contributed by atoms with Gasteiger partial charge >= 0.3 is 5.97 Å². The summed E-state index contributed by atoms with van der Waals surface area (Å²) in [6, 6.07) is 14.6. The lowest BCUT2D eigenvalue weighted by Crippen LogP contribution is -2.45. The molecule has 2 aromatic rings. The van der Waals surface area contributed by atoms with Crippen LogP contribution in [0.3, 0.4) is 0 Å². The zero-order valence-electron chi connectivity index (χ0n) is 14.9. The normalized spacial score (nSPS) is 16.4. The second kappa shape index (κ2) is 8.41. The smallest absolute Gasteiger partial charge is 0.337 e. The van der Waals surface area contributed by atoms with E-state index >= 15 is 0 Å². The molecule has 0 amide bonds. The second-order valence-corrected chi connectivity index (χ2v) is 6.83. The van der Waals surface area contributed by atoms with E-state index in [9.17, 15) is 4.79 Å². The Hall–Kier alpha value is -2.57. The fraction of sp³-hybridized carbons (Fsp3) is 0.200. The molecule has 1 atom stereocenters. The topological polar surface area (TPSA) is 59.6 Å². The Kier molecular flexibility index (Phi) is 5.98. The van der Waals surface area contributed by atoms with Crippen molar-refractivity contribution in [2.75, 3.05) is 7.11 Å². The summed E-state index contributed by atoms with van der Waals surface area (Å²) in [6.45, 7) is 2.14. The first kappa shape index (κ1) is 19.2. The Balaban J connectivity index is 1.85. The highest BCUT2D eigenvalue weighted by molar-refractivity contribution is 7.80. The van der Waals surface area contributed by atoms with E-state index in [1.807, 2.05) is 48.5 Å². The Morgan fingerprint density at radius 2 is 2.00 bits per heavy atom. The summed E-state index contributed by atoms with van der Waals surface area (Å²) in [5.41, 5.74) is 2.89. The van der Waals surface area contributed by atoms with Crippen LogP contribution in [0.15, 0.2) is 59.8 Å². The average molecular weight is 403 g/mol. The summed E-state index contributed by atoms with van der Waals surface area (Å²) >= 11 is 11.4. The number of carbonyl (C=O) groups is 1. The van der Waals surface area contributed by atoms with Crippen LogP contribution in [0.5, 0.6) is 5.75 Å². The maximum absolute atomic E-state index is 12.3. The standard InChI is InChI=1S/C20H19ClN2O3S/c1-12-17(19(24)25-2)18(23-20(27)22-12)13-7-5-8-15(10-13)26-11-14-6-3-4-9-16(14)21/h3-10,18H,11H2,1-2H3,(H2,22,23,27)/t18-/m0/s1. The second-order valence-electron chi connectivity index (χ2n) is 6.01. The number of allylic oxidation sites excluding steroid dienone is 1. The summed E-state index contributed by atoms with van der Waals surface area (Å²) in [7, 11) is 1.36. The van der Waals surface area contributed by atoms with E-state index in [1.165, 1.54) is 7.11 Å². The zero-order valence-corrected chi connectivity index (χ0v) is 16.5. The van der Waals surface area contributed by atoms with Crippen molar-refractivity contribution in [2.45, 2.75) is 19.6 Å². The molecular formula is C20H19ClN2O3S. The number of methoxy groups -OCH3 is 1. The van der Waals surface area contributed by atoms with Crippen molar-refractivity contribution in [3.63, 3.8) is 0 Å². The maximum atomic E-state index is 12.3. The number of benzene rings is 2. The molecule has 2 N–H and O–H groups in total. The molecule has 0 saturated heterocycles. The Bertz CT molecular complexity index is 914. The molecule has 0 radical (unpaired) electrons. The monoisotopic (exact) mass is 402 g/mol. The van der Waals surface area contributed by atoms with Crippen LogP contribution in [0.4, 0.5) is 0 Å². The minimum absolute atomic E-state index is 0.347. The summed E-state index contributed by atoms with van der Waals surface area (Å²) in [5.74, 6) is 0.253. The van der Waals surface area contributed by atoms with Crippen molar-refractivity contribution in [3.05, 3.63) is 76.0 Å². The maximum Gasteiger partial charge on any atom is 0.337 e. The molecule has 1 aliphatic heterocycles. The number of thiocarbonyl (C=S) groups is 1. The predicted molar refractivity (Wildman–Crippen MR) is 109 cm³/mol. The highest BCUT2D eigenvalue weighted by Gasteiger charge is 2.30. The van der Waals surface area contributed by atoms with Crippen LogP contribution in [0, 0.1) is 0 Å². The number of rotatable bonds is 5. The predicted octanol–water partition coefficient (Wildman–Crippen LogP) is 3.88. The fourth-order valence-electron chi connectivity index (χ4n) is 2.88. The first-order valence-corrected chi connectivity index (χ1v) is 9.11. The molecule has 3 rings (SSSR count). The number of esters is 1. The largest absolute Gasteiger partial charge is 0.489 e. The molecule has 0 aliphatic carbocycles. The molecule has 27 heavy (non-hydrogen) atoms. The van der Waals surface area contributed by atoms with Crippen LogP contribution < -0.4 is 15.4 Å². The van der Waals surface area contributed by atoms with Gasteiger partial charge in [0.25, 0.3) is 0 Å². The quantitative estimate of drug-likeness (QED) is 0.584. The van der Waals surface area contributed by atoms with Crippen molar-refractivity contribution in [1.82, 2.24) is 10.6 Å². The van der Waals surface area contributed by atoms with Crippen LogP contribution >= 0.6 is 23.8 Å². The van der Waals surface area contributed by atoms with E-state index in [0.29, 0.717) is 33.8 Å². The van der Waals surface area contributed by atoms with E-state index in [0.717, 1.165) is 11.1 Å². The van der Waals surface area contributed by atoms with E-state index in [2.05, 4.69) is 10.6 Å². The Morgan fingerprint density at radius 3 is 2.74 bits per heavy atom. The highest BCUT2D eigenvalue weighted by atomic mass is 35.5. The highest BCUT2D eigenvalue weighted by Crippen LogP contribution is 2.30. The van der Waals surface area contributed by atoms with Gasteiger partial charge in [0.15, 0.2) is 5.11 Å². The Morgan fingerprint density at radius 1 is 1.22 bits per heavy atom. The molecule has 0 bridgehead atoms. The zero-order chi connectivity index (χ0) is 19.4. The van der Waals surface area contributed by atoms with Gasteiger partial charge in [-0.15, -0.1) is 0 Å². The minimum Gasteiger partial charge on any atom is -0.489 e. The SMILES string of the molecule is COC(=O)C1=C(C)NC(=S)N[C@H]1c1cccc(OCc2ccccc2Cl)c1. The third kappa shape index (κ3) is 4.40. The fourth-order valence-corrected chi connectivity index (χ4v) is 3.35. The molecule has 7 heteroatoms.